The molecule has 0 aliphatic heterocycles. The topological polar surface area (TPSA) is 26.0 Å². The summed E-state index contributed by atoms with van der Waals surface area (Å²) in [5.74, 6) is -0.945. The van der Waals surface area contributed by atoms with Gasteiger partial charge in [0.25, 0.3) is 0 Å². The first-order valence-electron chi connectivity index (χ1n) is 4.26. The first-order valence-corrected chi connectivity index (χ1v) is 4.26. The SMILES string of the molecule is Fc1ccc(-c2ccon2)c(C(F)(F)F)c1. The van der Waals surface area contributed by atoms with Crippen molar-refractivity contribution in [1.82, 2.24) is 5.16 Å². The van der Waals surface area contributed by atoms with Crippen LogP contribution in [0.2, 0.25) is 0 Å². The minimum atomic E-state index is -4.63. The van der Waals surface area contributed by atoms with Gasteiger partial charge in [-0.15, -0.1) is 0 Å². The first kappa shape index (κ1) is 10.7. The lowest BCUT2D eigenvalue weighted by Gasteiger charge is -2.10. The smallest absolute Gasteiger partial charge is 0.364 e. The predicted octanol–water partition coefficient (Wildman–Crippen LogP) is 3.50. The van der Waals surface area contributed by atoms with Crippen LogP contribution < -0.4 is 0 Å². The fourth-order valence-electron chi connectivity index (χ4n) is 1.33. The third kappa shape index (κ3) is 1.91. The number of hydrogen-bond acceptors (Lipinski definition) is 2. The molecule has 0 saturated carbocycles. The highest BCUT2D eigenvalue weighted by Crippen LogP contribution is 2.36. The van der Waals surface area contributed by atoms with Crippen LogP contribution in [0.5, 0.6) is 0 Å². The van der Waals surface area contributed by atoms with Gasteiger partial charge in [0.1, 0.15) is 17.8 Å². The lowest BCUT2D eigenvalue weighted by molar-refractivity contribution is -0.137. The zero-order valence-electron chi connectivity index (χ0n) is 7.75. The summed E-state index contributed by atoms with van der Waals surface area (Å²) in [6.07, 6.45) is -3.48. The van der Waals surface area contributed by atoms with Crippen LogP contribution >= 0.6 is 0 Å². The molecule has 1 aromatic heterocycles. The van der Waals surface area contributed by atoms with Crippen molar-refractivity contribution in [3.63, 3.8) is 0 Å². The Morgan fingerprint density at radius 1 is 1.12 bits per heavy atom. The monoisotopic (exact) mass is 231 g/mol. The molecule has 2 rings (SSSR count). The van der Waals surface area contributed by atoms with Crippen molar-refractivity contribution < 1.29 is 22.1 Å². The van der Waals surface area contributed by atoms with E-state index in [2.05, 4.69) is 9.68 Å². The summed E-state index contributed by atoms with van der Waals surface area (Å²) in [5.41, 5.74) is -1.25. The van der Waals surface area contributed by atoms with Crippen LogP contribution in [0.3, 0.4) is 0 Å². The van der Waals surface area contributed by atoms with Gasteiger partial charge in [-0.1, -0.05) is 5.16 Å². The summed E-state index contributed by atoms with van der Waals surface area (Å²) in [6, 6.07) is 3.68. The normalized spacial score (nSPS) is 11.8. The third-order valence-corrected chi connectivity index (χ3v) is 2.00. The van der Waals surface area contributed by atoms with Gasteiger partial charge in [-0.3, -0.25) is 0 Å². The van der Waals surface area contributed by atoms with E-state index < -0.39 is 17.6 Å². The zero-order chi connectivity index (χ0) is 11.8. The lowest BCUT2D eigenvalue weighted by atomic mass is 10.0. The average molecular weight is 231 g/mol. The van der Waals surface area contributed by atoms with Crippen LogP contribution in [0.15, 0.2) is 35.1 Å². The second-order valence-corrected chi connectivity index (χ2v) is 3.07. The van der Waals surface area contributed by atoms with Crippen molar-refractivity contribution >= 4 is 0 Å². The van der Waals surface area contributed by atoms with Crippen molar-refractivity contribution in [1.29, 1.82) is 0 Å². The van der Waals surface area contributed by atoms with E-state index in [0.29, 0.717) is 6.07 Å². The van der Waals surface area contributed by atoms with Crippen LogP contribution in [-0.4, -0.2) is 5.16 Å². The molecule has 0 aliphatic rings. The Morgan fingerprint density at radius 3 is 2.44 bits per heavy atom. The van der Waals surface area contributed by atoms with Gasteiger partial charge in [-0.2, -0.15) is 13.2 Å². The van der Waals surface area contributed by atoms with Gasteiger partial charge in [0.05, 0.1) is 5.56 Å². The minimum Gasteiger partial charge on any atom is -0.364 e. The predicted molar refractivity (Wildman–Crippen MR) is 46.9 cm³/mol. The summed E-state index contributed by atoms with van der Waals surface area (Å²) >= 11 is 0. The van der Waals surface area contributed by atoms with Gasteiger partial charge < -0.3 is 4.52 Å². The molecule has 0 N–H and O–H groups in total. The molecular weight excluding hydrogens is 226 g/mol. The summed E-state index contributed by atoms with van der Waals surface area (Å²) in [7, 11) is 0. The van der Waals surface area contributed by atoms with Gasteiger partial charge in [0, 0.05) is 11.6 Å². The molecule has 2 nitrogen and oxygen atoms in total. The van der Waals surface area contributed by atoms with E-state index in [1.165, 1.54) is 6.07 Å². The fourth-order valence-corrected chi connectivity index (χ4v) is 1.33. The molecule has 84 valence electrons. The van der Waals surface area contributed by atoms with Crippen LogP contribution in [0.1, 0.15) is 5.56 Å². The summed E-state index contributed by atoms with van der Waals surface area (Å²) < 4.78 is 55.0. The second kappa shape index (κ2) is 3.62. The molecule has 16 heavy (non-hydrogen) atoms. The van der Waals surface area contributed by atoms with Gasteiger partial charge >= 0.3 is 6.18 Å². The first-order chi connectivity index (χ1) is 7.48. The van der Waals surface area contributed by atoms with E-state index in [4.69, 9.17) is 0 Å². The molecule has 0 radical (unpaired) electrons. The number of rotatable bonds is 1. The van der Waals surface area contributed by atoms with Crippen molar-refractivity contribution in [3.8, 4) is 11.3 Å². The molecule has 0 aliphatic carbocycles. The summed E-state index contributed by atoms with van der Waals surface area (Å²) in [6.45, 7) is 0. The molecule has 1 aromatic carbocycles. The van der Waals surface area contributed by atoms with Crippen LogP contribution in [0.25, 0.3) is 11.3 Å². The van der Waals surface area contributed by atoms with E-state index in [0.717, 1.165) is 18.4 Å². The number of halogens is 4. The van der Waals surface area contributed by atoms with E-state index >= 15 is 0 Å². The van der Waals surface area contributed by atoms with Crippen molar-refractivity contribution in [2.45, 2.75) is 6.18 Å². The Balaban J connectivity index is 2.62. The number of alkyl halides is 3. The van der Waals surface area contributed by atoms with Gasteiger partial charge in [0.2, 0.25) is 0 Å². The maximum Gasteiger partial charge on any atom is 0.417 e. The zero-order valence-corrected chi connectivity index (χ0v) is 7.75. The van der Waals surface area contributed by atoms with Gasteiger partial charge in [-0.25, -0.2) is 4.39 Å². The maximum atomic E-state index is 12.8. The number of benzene rings is 1. The van der Waals surface area contributed by atoms with Gasteiger partial charge in [0.15, 0.2) is 0 Å². The molecule has 0 atom stereocenters. The minimum absolute atomic E-state index is 0.0207. The summed E-state index contributed by atoms with van der Waals surface area (Å²) in [4.78, 5) is 0. The van der Waals surface area contributed by atoms with Crippen molar-refractivity contribution in [2.24, 2.45) is 0 Å². The van der Waals surface area contributed by atoms with E-state index in [-0.39, 0.29) is 11.3 Å². The molecule has 0 bridgehead atoms. The van der Waals surface area contributed by atoms with Crippen molar-refractivity contribution in [3.05, 3.63) is 41.9 Å². The Kier molecular flexibility index (Phi) is 2.41. The highest BCUT2D eigenvalue weighted by Gasteiger charge is 2.34. The highest BCUT2D eigenvalue weighted by atomic mass is 19.4. The maximum absolute atomic E-state index is 12.8. The Labute approximate surface area is 87.5 Å². The van der Waals surface area contributed by atoms with E-state index in [1.807, 2.05) is 0 Å². The highest BCUT2D eigenvalue weighted by molar-refractivity contribution is 5.63. The second-order valence-electron chi connectivity index (χ2n) is 3.07. The standard InChI is InChI=1S/C10H5F4NO/c11-6-1-2-7(9-3-4-16-15-9)8(5-6)10(12,13)14/h1-5H. The Morgan fingerprint density at radius 2 is 1.88 bits per heavy atom. The quantitative estimate of drug-likeness (QED) is 0.702. The van der Waals surface area contributed by atoms with E-state index in [9.17, 15) is 17.6 Å². The van der Waals surface area contributed by atoms with Crippen LogP contribution in [-0.2, 0) is 6.18 Å². The third-order valence-electron chi connectivity index (χ3n) is 2.00. The van der Waals surface area contributed by atoms with Crippen LogP contribution in [0, 0.1) is 5.82 Å². The molecular formula is C10H5F4NO. The molecule has 1 heterocycles. The average Bonchev–Trinajstić information content (AvgIpc) is 2.69. The molecule has 6 heteroatoms. The molecule has 0 saturated heterocycles. The van der Waals surface area contributed by atoms with E-state index in [1.54, 1.807) is 0 Å². The molecule has 0 amide bonds. The van der Waals surface area contributed by atoms with Crippen molar-refractivity contribution in [2.75, 3.05) is 0 Å². The number of hydrogen-bond donors (Lipinski definition) is 0. The number of aromatic nitrogens is 1. The lowest BCUT2D eigenvalue weighted by Crippen LogP contribution is -2.07. The Hall–Kier alpha value is -1.85. The van der Waals surface area contributed by atoms with Crippen LogP contribution in [0.4, 0.5) is 17.6 Å². The summed E-state index contributed by atoms with van der Waals surface area (Å²) in [5, 5.41) is 3.39. The number of nitrogens with zero attached hydrogens (tertiary/aromatic N) is 1. The largest absolute Gasteiger partial charge is 0.417 e. The molecule has 2 aromatic rings. The fraction of sp³-hybridized carbons (Fsp3) is 0.100. The Bertz CT molecular complexity index is 490. The molecule has 0 spiro atoms. The molecule has 0 fully saturated rings. The van der Waals surface area contributed by atoms with Gasteiger partial charge in [-0.05, 0) is 18.2 Å². The molecule has 0 unspecified atom stereocenters.